The van der Waals surface area contributed by atoms with E-state index in [1.54, 1.807) is 20.3 Å². The van der Waals surface area contributed by atoms with Gasteiger partial charge in [-0.15, -0.1) is 0 Å². The second-order valence-corrected chi connectivity index (χ2v) is 4.66. The predicted octanol–water partition coefficient (Wildman–Crippen LogP) is 3.97. The van der Waals surface area contributed by atoms with E-state index in [4.69, 9.17) is 14.7 Å². The van der Waals surface area contributed by atoms with Crippen molar-refractivity contribution in [1.82, 2.24) is 0 Å². The summed E-state index contributed by atoms with van der Waals surface area (Å²) >= 11 is 0. The van der Waals surface area contributed by atoms with Crippen molar-refractivity contribution in [3.8, 4) is 17.6 Å². The molecule has 0 aliphatic heterocycles. The third-order valence-corrected chi connectivity index (χ3v) is 3.20. The molecule has 0 aliphatic rings. The van der Waals surface area contributed by atoms with E-state index in [2.05, 4.69) is 12.1 Å². The number of hydrogen-bond donors (Lipinski definition) is 0. The van der Waals surface area contributed by atoms with Crippen molar-refractivity contribution in [1.29, 1.82) is 5.26 Å². The Morgan fingerprint density at radius 1 is 1.00 bits per heavy atom. The van der Waals surface area contributed by atoms with Crippen molar-refractivity contribution in [3.05, 3.63) is 65.2 Å². The van der Waals surface area contributed by atoms with E-state index >= 15 is 0 Å². The smallest absolute Gasteiger partial charge is 0.123 e. The molecule has 0 bridgehead atoms. The Kier molecular flexibility index (Phi) is 4.63. The number of nitrogens with zero attached hydrogens (tertiary/aromatic N) is 1. The van der Waals surface area contributed by atoms with Gasteiger partial charge in [0.2, 0.25) is 0 Å². The molecule has 0 atom stereocenters. The van der Waals surface area contributed by atoms with E-state index < -0.39 is 0 Å². The molecule has 0 N–H and O–H groups in total. The van der Waals surface area contributed by atoms with Crippen molar-refractivity contribution in [2.45, 2.75) is 6.92 Å². The highest BCUT2D eigenvalue weighted by Crippen LogP contribution is 2.31. The number of benzene rings is 2. The Morgan fingerprint density at radius 2 is 1.67 bits per heavy atom. The molecule has 2 rings (SSSR count). The minimum atomic E-state index is 0.695. The minimum Gasteiger partial charge on any atom is -0.497 e. The van der Waals surface area contributed by atoms with Crippen LogP contribution in [0.15, 0.2) is 48.5 Å². The van der Waals surface area contributed by atoms with Gasteiger partial charge in [-0.25, -0.2) is 0 Å². The topological polar surface area (TPSA) is 42.2 Å². The number of aryl methyl sites for hydroxylation is 1. The van der Waals surface area contributed by atoms with E-state index in [1.807, 2.05) is 43.3 Å². The number of allylic oxidation sites excluding steroid dienone is 1. The van der Waals surface area contributed by atoms with Gasteiger partial charge in [0.05, 0.1) is 20.3 Å². The molecule has 0 aromatic heterocycles. The van der Waals surface area contributed by atoms with Crippen molar-refractivity contribution >= 4 is 5.57 Å². The van der Waals surface area contributed by atoms with E-state index in [0.29, 0.717) is 11.5 Å². The molecule has 21 heavy (non-hydrogen) atoms. The van der Waals surface area contributed by atoms with Gasteiger partial charge in [-0.3, -0.25) is 0 Å². The first-order valence-electron chi connectivity index (χ1n) is 6.58. The lowest BCUT2D eigenvalue weighted by molar-refractivity contribution is 0.394. The first-order valence-corrected chi connectivity index (χ1v) is 6.58. The largest absolute Gasteiger partial charge is 0.497 e. The van der Waals surface area contributed by atoms with Crippen LogP contribution in [0.4, 0.5) is 0 Å². The summed E-state index contributed by atoms with van der Waals surface area (Å²) in [5.41, 5.74) is 3.87. The number of ether oxygens (including phenoxy) is 2. The zero-order chi connectivity index (χ0) is 15.2. The Balaban J connectivity index is 2.59. The summed E-state index contributed by atoms with van der Waals surface area (Å²) < 4.78 is 10.6. The second-order valence-electron chi connectivity index (χ2n) is 4.66. The van der Waals surface area contributed by atoms with Gasteiger partial charge in [0.25, 0.3) is 0 Å². The third-order valence-electron chi connectivity index (χ3n) is 3.20. The summed E-state index contributed by atoms with van der Waals surface area (Å²) in [5.74, 6) is 1.39. The van der Waals surface area contributed by atoms with Gasteiger partial charge in [-0.05, 0) is 35.8 Å². The summed E-state index contributed by atoms with van der Waals surface area (Å²) in [6.45, 7) is 2.03. The predicted molar refractivity (Wildman–Crippen MR) is 83.4 cm³/mol. The maximum absolute atomic E-state index is 9.09. The highest BCUT2D eigenvalue weighted by Gasteiger charge is 2.09. The lowest BCUT2D eigenvalue weighted by Gasteiger charge is -2.12. The van der Waals surface area contributed by atoms with Crippen LogP contribution in [0.5, 0.6) is 11.5 Å². The lowest BCUT2D eigenvalue weighted by Crippen LogP contribution is -1.93. The number of rotatable bonds is 4. The lowest BCUT2D eigenvalue weighted by atomic mass is 9.96. The maximum Gasteiger partial charge on any atom is 0.123 e. The van der Waals surface area contributed by atoms with Crippen LogP contribution in [0.3, 0.4) is 0 Å². The Bertz CT molecular complexity index is 689. The monoisotopic (exact) mass is 279 g/mol. The number of nitriles is 1. The van der Waals surface area contributed by atoms with Gasteiger partial charge in [0.15, 0.2) is 0 Å². The van der Waals surface area contributed by atoms with E-state index in [0.717, 1.165) is 22.3 Å². The molecule has 3 heteroatoms. The maximum atomic E-state index is 9.09. The molecular weight excluding hydrogens is 262 g/mol. The van der Waals surface area contributed by atoms with Gasteiger partial charge >= 0.3 is 0 Å². The fourth-order valence-electron chi connectivity index (χ4n) is 2.17. The van der Waals surface area contributed by atoms with Crippen molar-refractivity contribution < 1.29 is 9.47 Å². The van der Waals surface area contributed by atoms with Crippen molar-refractivity contribution in [2.75, 3.05) is 14.2 Å². The zero-order valence-corrected chi connectivity index (χ0v) is 12.4. The molecule has 0 saturated heterocycles. The van der Waals surface area contributed by atoms with Gasteiger partial charge < -0.3 is 9.47 Å². The zero-order valence-electron chi connectivity index (χ0n) is 12.4. The highest BCUT2D eigenvalue weighted by molar-refractivity contribution is 5.82. The summed E-state index contributed by atoms with van der Waals surface area (Å²) in [6.07, 6.45) is 1.54. The second kappa shape index (κ2) is 6.62. The Hall–Kier alpha value is -2.73. The van der Waals surface area contributed by atoms with Crippen molar-refractivity contribution in [2.24, 2.45) is 0 Å². The normalized spacial score (nSPS) is 10.9. The van der Waals surface area contributed by atoms with E-state index in [9.17, 15) is 0 Å². The summed E-state index contributed by atoms with van der Waals surface area (Å²) in [4.78, 5) is 0. The molecule has 0 aliphatic carbocycles. The van der Waals surface area contributed by atoms with Crippen LogP contribution in [-0.2, 0) is 0 Å². The van der Waals surface area contributed by atoms with Gasteiger partial charge in [0, 0.05) is 12.1 Å². The quantitative estimate of drug-likeness (QED) is 0.795. The van der Waals surface area contributed by atoms with Crippen LogP contribution in [-0.4, -0.2) is 14.2 Å². The van der Waals surface area contributed by atoms with Gasteiger partial charge in [-0.1, -0.05) is 29.8 Å². The van der Waals surface area contributed by atoms with E-state index in [-0.39, 0.29) is 0 Å². The van der Waals surface area contributed by atoms with Crippen LogP contribution in [0.25, 0.3) is 5.57 Å². The molecule has 0 amide bonds. The first-order chi connectivity index (χ1) is 10.2. The molecule has 2 aromatic carbocycles. The van der Waals surface area contributed by atoms with Crippen LogP contribution in [0.2, 0.25) is 0 Å². The first kappa shape index (κ1) is 14.7. The Morgan fingerprint density at radius 3 is 2.19 bits per heavy atom. The van der Waals surface area contributed by atoms with Gasteiger partial charge in [-0.2, -0.15) is 5.26 Å². The molecule has 106 valence electrons. The number of hydrogen-bond acceptors (Lipinski definition) is 3. The molecular formula is C18H17NO2. The number of methoxy groups -OCH3 is 2. The average Bonchev–Trinajstić information content (AvgIpc) is 2.52. The van der Waals surface area contributed by atoms with E-state index in [1.165, 1.54) is 0 Å². The van der Waals surface area contributed by atoms with Crippen LogP contribution in [0.1, 0.15) is 16.7 Å². The fraction of sp³-hybridized carbons (Fsp3) is 0.167. The third kappa shape index (κ3) is 3.43. The molecule has 0 unspecified atom stereocenters. The van der Waals surface area contributed by atoms with Crippen LogP contribution >= 0.6 is 0 Å². The molecule has 0 heterocycles. The van der Waals surface area contributed by atoms with Crippen LogP contribution in [0, 0.1) is 18.3 Å². The average molecular weight is 279 g/mol. The summed E-state index contributed by atoms with van der Waals surface area (Å²) in [5, 5.41) is 9.09. The molecule has 0 saturated carbocycles. The standard InChI is InChI=1S/C18H17NO2/c1-13-5-4-6-14(9-13)18(7-8-19)15-10-16(20-2)12-17(11-15)21-3/h4-7,9-12H,1-3H3/b18-7+. The molecule has 2 aromatic rings. The molecule has 0 fully saturated rings. The van der Waals surface area contributed by atoms with Crippen molar-refractivity contribution in [3.63, 3.8) is 0 Å². The Labute approximate surface area is 125 Å². The van der Waals surface area contributed by atoms with Crippen LogP contribution < -0.4 is 9.47 Å². The summed E-state index contributed by atoms with van der Waals surface area (Å²) in [6, 6.07) is 15.8. The fourth-order valence-corrected chi connectivity index (χ4v) is 2.17. The summed E-state index contributed by atoms with van der Waals surface area (Å²) in [7, 11) is 3.22. The highest BCUT2D eigenvalue weighted by atomic mass is 16.5. The molecule has 3 nitrogen and oxygen atoms in total. The molecule has 0 radical (unpaired) electrons. The molecule has 0 spiro atoms. The minimum absolute atomic E-state index is 0.695. The van der Waals surface area contributed by atoms with Gasteiger partial charge in [0.1, 0.15) is 11.5 Å². The SMILES string of the molecule is COc1cc(OC)cc(/C(=C/C#N)c2cccc(C)c2)c1.